The van der Waals surface area contributed by atoms with E-state index in [4.69, 9.17) is 10.2 Å². The lowest BCUT2D eigenvalue weighted by Gasteiger charge is -2.15. The Balaban J connectivity index is 4.38. The molecule has 0 aliphatic heterocycles. The third-order valence-corrected chi connectivity index (χ3v) is 1.88. The largest absolute Gasteiger partial charge is 0.481 e. The number of carbonyl (C=O) groups excluding carboxylic acids is 2. The van der Waals surface area contributed by atoms with E-state index in [2.05, 4.69) is 10.1 Å². The van der Waals surface area contributed by atoms with Gasteiger partial charge in [0.15, 0.2) is 0 Å². The Kier molecular flexibility index (Phi) is 6.18. The number of methoxy groups -OCH3 is 1. The van der Waals surface area contributed by atoms with Gasteiger partial charge in [-0.15, -0.1) is 0 Å². The lowest BCUT2D eigenvalue weighted by molar-refractivity contribution is -0.145. The van der Waals surface area contributed by atoms with E-state index in [1.165, 1.54) is 6.92 Å². The molecule has 102 valence electrons. The van der Waals surface area contributed by atoms with Crippen LogP contribution in [0, 0.1) is 0 Å². The van der Waals surface area contributed by atoms with Crippen molar-refractivity contribution < 1.29 is 34.1 Å². The minimum atomic E-state index is -1.58. The smallest absolute Gasteiger partial charge is 0.328 e. The Morgan fingerprint density at radius 3 is 2.11 bits per heavy atom. The summed E-state index contributed by atoms with van der Waals surface area (Å²) < 4.78 is 4.34. The molecule has 2 unspecified atom stereocenters. The Bertz CT molecular complexity index is 355. The third-order valence-electron chi connectivity index (χ3n) is 1.88. The fourth-order valence-corrected chi connectivity index (χ4v) is 1.01. The van der Waals surface area contributed by atoms with Gasteiger partial charge in [0.05, 0.1) is 13.5 Å². The zero-order valence-electron chi connectivity index (χ0n) is 9.80. The highest BCUT2D eigenvalue weighted by molar-refractivity contribution is 5.88. The van der Waals surface area contributed by atoms with E-state index in [-0.39, 0.29) is 0 Å². The number of amides is 2. The Labute approximate surface area is 102 Å². The van der Waals surface area contributed by atoms with Crippen LogP contribution in [0.2, 0.25) is 0 Å². The van der Waals surface area contributed by atoms with Crippen LogP contribution in [0.15, 0.2) is 0 Å². The van der Waals surface area contributed by atoms with Gasteiger partial charge in [-0.25, -0.2) is 14.4 Å². The molecular formula is C9H14N2O7. The van der Waals surface area contributed by atoms with Crippen molar-refractivity contribution >= 4 is 23.9 Å². The summed E-state index contributed by atoms with van der Waals surface area (Å²) in [6.07, 6.45) is -0.768. The summed E-state index contributed by atoms with van der Waals surface area (Å²) in [7, 11) is 1.13. The predicted molar refractivity (Wildman–Crippen MR) is 56.8 cm³/mol. The SMILES string of the molecule is COC(=O)C(C)NC(=O)NC(CC(=O)O)C(=O)O. The molecule has 0 aromatic heterocycles. The maximum atomic E-state index is 11.3. The highest BCUT2D eigenvalue weighted by Gasteiger charge is 2.24. The Hall–Kier alpha value is -2.32. The zero-order valence-corrected chi connectivity index (χ0v) is 9.80. The standard InChI is InChI=1S/C9H14N2O7/c1-4(8(16)18-2)10-9(17)11-5(7(14)15)3-6(12)13/h4-5H,3H2,1-2H3,(H,12,13)(H,14,15)(H2,10,11,17). The molecule has 0 aromatic rings. The maximum absolute atomic E-state index is 11.3. The van der Waals surface area contributed by atoms with E-state index in [9.17, 15) is 19.2 Å². The van der Waals surface area contributed by atoms with Gasteiger partial charge in [-0.3, -0.25) is 4.79 Å². The molecule has 2 atom stereocenters. The van der Waals surface area contributed by atoms with Gasteiger partial charge in [0.25, 0.3) is 0 Å². The number of nitrogens with one attached hydrogen (secondary N) is 2. The number of carbonyl (C=O) groups is 4. The van der Waals surface area contributed by atoms with Crippen LogP contribution in [0.5, 0.6) is 0 Å². The van der Waals surface area contributed by atoms with Crippen LogP contribution in [-0.4, -0.2) is 53.3 Å². The summed E-state index contributed by atoms with van der Waals surface area (Å²) in [6, 6.07) is -3.52. The average molecular weight is 262 g/mol. The van der Waals surface area contributed by atoms with Crippen LogP contribution >= 0.6 is 0 Å². The van der Waals surface area contributed by atoms with Gasteiger partial charge >= 0.3 is 23.9 Å². The Morgan fingerprint density at radius 1 is 1.17 bits per heavy atom. The molecule has 0 rings (SSSR count). The number of rotatable bonds is 6. The zero-order chi connectivity index (χ0) is 14.3. The molecule has 0 radical (unpaired) electrons. The molecule has 0 aromatic carbocycles. The number of carboxylic acid groups (broad SMARTS) is 2. The summed E-state index contributed by atoms with van der Waals surface area (Å²) in [4.78, 5) is 43.3. The van der Waals surface area contributed by atoms with Gasteiger partial charge in [-0.05, 0) is 6.92 Å². The van der Waals surface area contributed by atoms with Crippen molar-refractivity contribution in [1.29, 1.82) is 0 Å². The highest BCUT2D eigenvalue weighted by atomic mass is 16.5. The van der Waals surface area contributed by atoms with E-state index in [1.807, 2.05) is 5.32 Å². The molecule has 2 amide bonds. The maximum Gasteiger partial charge on any atom is 0.328 e. The number of ether oxygens (including phenoxy) is 1. The molecule has 0 saturated heterocycles. The number of hydrogen-bond donors (Lipinski definition) is 4. The summed E-state index contributed by atoms with van der Waals surface area (Å²) in [5.41, 5.74) is 0. The van der Waals surface area contributed by atoms with Crippen molar-refractivity contribution in [3.05, 3.63) is 0 Å². The minimum Gasteiger partial charge on any atom is -0.481 e. The van der Waals surface area contributed by atoms with Crippen LogP contribution < -0.4 is 10.6 Å². The van der Waals surface area contributed by atoms with Gasteiger partial charge in [-0.1, -0.05) is 0 Å². The summed E-state index contributed by atoms with van der Waals surface area (Å²) in [5.74, 6) is -3.57. The first-order valence-corrected chi connectivity index (χ1v) is 4.87. The first kappa shape index (κ1) is 15.7. The lowest BCUT2D eigenvalue weighted by Crippen LogP contribution is -2.50. The van der Waals surface area contributed by atoms with Crippen molar-refractivity contribution in [2.45, 2.75) is 25.4 Å². The van der Waals surface area contributed by atoms with E-state index >= 15 is 0 Å². The van der Waals surface area contributed by atoms with Crippen molar-refractivity contribution in [3.63, 3.8) is 0 Å². The fourth-order valence-electron chi connectivity index (χ4n) is 1.01. The molecule has 0 bridgehead atoms. The molecule has 9 nitrogen and oxygen atoms in total. The topological polar surface area (TPSA) is 142 Å². The summed E-state index contributed by atoms with van der Waals surface area (Å²) in [6.45, 7) is 1.33. The highest BCUT2D eigenvalue weighted by Crippen LogP contribution is 1.93. The van der Waals surface area contributed by atoms with Crippen LogP contribution in [-0.2, 0) is 19.1 Å². The van der Waals surface area contributed by atoms with Crippen molar-refractivity contribution in [1.82, 2.24) is 10.6 Å². The normalized spacial score (nSPS) is 13.0. The van der Waals surface area contributed by atoms with E-state index in [0.717, 1.165) is 7.11 Å². The Morgan fingerprint density at radius 2 is 1.72 bits per heavy atom. The number of urea groups is 1. The predicted octanol–water partition coefficient (Wildman–Crippen LogP) is -1.22. The quantitative estimate of drug-likeness (QED) is 0.439. The fraction of sp³-hybridized carbons (Fsp3) is 0.556. The third kappa shape index (κ3) is 5.68. The van der Waals surface area contributed by atoms with Crippen LogP contribution in [0.25, 0.3) is 0 Å². The van der Waals surface area contributed by atoms with Crippen molar-refractivity contribution in [3.8, 4) is 0 Å². The van der Waals surface area contributed by atoms with Gasteiger partial charge < -0.3 is 25.6 Å². The second kappa shape index (κ2) is 7.09. The van der Waals surface area contributed by atoms with E-state index in [0.29, 0.717) is 0 Å². The molecule has 0 aliphatic rings. The second-order valence-corrected chi connectivity index (χ2v) is 3.35. The van der Waals surface area contributed by atoms with Crippen LogP contribution in [0.4, 0.5) is 4.79 Å². The summed E-state index contributed by atoms with van der Waals surface area (Å²) >= 11 is 0. The minimum absolute atomic E-state index is 0.713. The molecule has 0 spiro atoms. The number of carboxylic acids is 2. The molecule has 18 heavy (non-hydrogen) atoms. The molecule has 0 aliphatic carbocycles. The van der Waals surface area contributed by atoms with Gasteiger partial charge in [0.2, 0.25) is 0 Å². The summed E-state index contributed by atoms with van der Waals surface area (Å²) in [5, 5.41) is 21.1. The number of esters is 1. The van der Waals surface area contributed by atoms with Gasteiger partial charge in [0, 0.05) is 0 Å². The van der Waals surface area contributed by atoms with E-state index in [1.54, 1.807) is 0 Å². The molecule has 0 fully saturated rings. The van der Waals surface area contributed by atoms with Crippen molar-refractivity contribution in [2.75, 3.05) is 7.11 Å². The number of aliphatic carboxylic acids is 2. The second-order valence-electron chi connectivity index (χ2n) is 3.35. The monoisotopic (exact) mass is 262 g/mol. The number of hydrogen-bond acceptors (Lipinski definition) is 5. The lowest BCUT2D eigenvalue weighted by atomic mass is 10.2. The molecule has 0 saturated carbocycles. The molecular weight excluding hydrogens is 248 g/mol. The molecule has 4 N–H and O–H groups in total. The van der Waals surface area contributed by atoms with Gasteiger partial charge in [0.1, 0.15) is 12.1 Å². The molecule has 9 heteroatoms. The first-order valence-electron chi connectivity index (χ1n) is 4.87. The van der Waals surface area contributed by atoms with Crippen molar-refractivity contribution in [2.24, 2.45) is 0 Å². The van der Waals surface area contributed by atoms with Crippen LogP contribution in [0.1, 0.15) is 13.3 Å². The first-order chi connectivity index (χ1) is 8.27. The molecule has 0 heterocycles. The van der Waals surface area contributed by atoms with Crippen LogP contribution in [0.3, 0.4) is 0 Å². The average Bonchev–Trinajstić information content (AvgIpc) is 2.25. The van der Waals surface area contributed by atoms with E-state index < -0.39 is 42.4 Å². The van der Waals surface area contributed by atoms with Gasteiger partial charge in [-0.2, -0.15) is 0 Å².